The van der Waals surface area contributed by atoms with Crippen molar-refractivity contribution >= 4 is 33.6 Å². The topological polar surface area (TPSA) is 47.1 Å². The standard InChI is InChI=1S/C15H11IN2O2/c16-10-3-1-2-9(6-10)15-17-11-7-13-14(8-12(11)18-15)20-5-4-19-13/h1-3,6-8H,4-5H2,(H,17,18). The van der Waals surface area contributed by atoms with E-state index in [0.717, 1.165) is 33.9 Å². The van der Waals surface area contributed by atoms with Gasteiger partial charge in [-0.25, -0.2) is 4.98 Å². The molecule has 20 heavy (non-hydrogen) atoms. The van der Waals surface area contributed by atoms with Crippen molar-refractivity contribution < 1.29 is 9.47 Å². The minimum atomic E-state index is 0.590. The van der Waals surface area contributed by atoms with E-state index >= 15 is 0 Å². The molecule has 4 nitrogen and oxygen atoms in total. The maximum absolute atomic E-state index is 5.59. The van der Waals surface area contributed by atoms with Gasteiger partial charge in [-0.3, -0.25) is 0 Å². The normalized spacial score (nSPS) is 13.7. The zero-order valence-corrected chi connectivity index (χ0v) is 12.7. The Kier molecular flexibility index (Phi) is 2.80. The molecule has 0 saturated heterocycles. The number of H-pyrrole nitrogens is 1. The highest BCUT2D eigenvalue weighted by Gasteiger charge is 2.15. The summed E-state index contributed by atoms with van der Waals surface area (Å²) in [6.45, 7) is 1.18. The third-order valence-electron chi connectivity index (χ3n) is 3.24. The van der Waals surface area contributed by atoms with Crippen LogP contribution in [0.25, 0.3) is 22.4 Å². The molecule has 0 bridgehead atoms. The molecule has 0 amide bonds. The minimum absolute atomic E-state index is 0.590. The van der Waals surface area contributed by atoms with Crippen LogP contribution in [0.5, 0.6) is 11.5 Å². The van der Waals surface area contributed by atoms with E-state index in [4.69, 9.17) is 9.47 Å². The van der Waals surface area contributed by atoms with Gasteiger partial charge in [0.15, 0.2) is 11.5 Å². The third kappa shape index (κ3) is 2.02. The van der Waals surface area contributed by atoms with Gasteiger partial charge in [0, 0.05) is 21.3 Å². The molecule has 1 N–H and O–H groups in total. The number of ether oxygens (including phenoxy) is 2. The van der Waals surface area contributed by atoms with E-state index in [2.05, 4.69) is 44.7 Å². The van der Waals surface area contributed by atoms with Crippen molar-refractivity contribution in [2.24, 2.45) is 0 Å². The Hall–Kier alpha value is -1.76. The van der Waals surface area contributed by atoms with Crippen molar-refractivity contribution in [2.45, 2.75) is 0 Å². The minimum Gasteiger partial charge on any atom is -0.486 e. The van der Waals surface area contributed by atoms with E-state index < -0.39 is 0 Å². The predicted molar refractivity (Wildman–Crippen MR) is 85.2 cm³/mol. The summed E-state index contributed by atoms with van der Waals surface area (Å²) in [7, 11) is 0. The van der Waals surface area contributed by atoms with Gasteiger partial charge in [0.05, 0.1) is 11.0 Å². The lowest BCUT2D eigenvalue weighted by molar-refractivity contribution is 0.172. The lowest BCUT2D eigenvalue weighted by atomic mass is 10.2. The van der Waals surface area contributed by atoms with Crippen molar-refractivity contribution in [1.82, 2.24) is 9.97 Å². The predicted octanol–water partition coefficient (Wildman–Crippen LogP) is 3.61. The summed E-state index contributed by atoms with van der Waals surface area (Å²) in [4.78, 5) is 7.98. The fourth-order valence-corrected chi connectivity index (χ4v) is 2.86. The maximum Gasteiger partial charge on any atom is 0.163 e. The molecule has 0 radical (unpaired) electrons. The molecule has 0 atom stereocenters. The lowest BCUT2D eigenvalue weighted by Gasteiger charge is -2.17. The van der Waals surface area contributed by atoms with Gasteiger partial charge in [0.1, 0.15) is 19.0 Å². The van der Waals surface area contributed by atoms with Gasteiger partial charge < -0.3 is 14.5 Å². The van der Waals surface area contributed by atoms with Crippen LogP contribution in [0.2, 0.25) is 0 Å². The Morgan fingerprint density at radius 3 is 2.65 bits per heavy atom. The number of benzene rings is 2. The first-order chi connectivity index (χ1) is 9.79. The molecular weight excluding hydrogens is 367 g/mol. The number of aromatic nitrogens is 2. The number of halogens is 1. The zero-order valence-electron chi connectivity index (χ0n) is 10.5. The molecule has 5 heteroatoms. The highest BCUT2D eigenvalue weighted by atomic mass is 127. The number of nitrogens with one attached hydrogen (secondary N) is 1. The number of imidazole rings is 1. The molecule has 0 fully saturated rings. The Labute approximate surface area is 129 Å². The van der Waals surface area contributed by atoms with Crippen molar-refractivity contribution in [2.75, 3.05) is 13.2 Å². The second-order valence-corrected chi connectivity index (χ2v) is 5.85. The Bertz CT molecular complexity index is 755. The van der Waals surface area contributed by atoms with Crippen molar-refractivity contribution in [3.05, 3.63) is 40.0 Å². The van der Waals surface area contributed by atoms with Gasteiger partial charge in [-0.2, -0.15) is 0 Å². The summed E-state index contributed by atoms with van der Waals surface area (Å²) < 4.78 is 12.4. The van der Waals surface area contributed by atoms with Crippen LogP contribution in [-0.2, 0) is 0 Å². The Morgan fingerprint density at radius 1 is 1.05 bits per heavy atom. The number of nitrogens with zero attached hydrogens (tertiary/aromatic N) is 1. The fraction of sp³-hybridized carbons (Fsp3) is 0.133. The molecule has 1 aliphatic heterocycles. The maximum atomic E-state index is 5.59. The monoisotopic (exact) mass is 378 g/mol. The van der Waals surface area contributed by atoms with Gasteiger partial charge in [-0.1, -0.05) is 12.1 Å². The van der Waals surface area contributed by atoms with Gasteiger partial charge in [-0.15, -0.1) is 0 Å². The SMILES string of the molecule is Ic1cccc(-c2nc3cc4c(cc3[nH]2)OCCO4)c1. The second kappa shape index (κ2) is 4.66. The summed E-state index contributed by atoms with van der Waals surface area (Å²) in [5.74, 6) is 2.41. The summed E-state index contributed by atoms with van der Waals surface area (Å²) in [6.07, 6.45) is 0. The zero-order chi connectivity index (χ0) is 13.5. The molecule has 1 aromatic heterocycles. The molecule has 2 aromatic carbocycles. The molecule has 0 saturated carbocycles. The molecule has 0 unspecified atom stereocenters. The van der Waals surface area contributed by atoms with Crippen LogP contribution < -0.4 is 9.47 Å². The number of hydrogen-bond donors (Lipinski definition) is 1. The van der Waals surface area contributed by atoms with Crippen LogP contribution in [0.15, 0.2) is 36.4 Å². The van der Waals surface area contributed by atoms with Gasteiger partial charge >= 0.3 is 0 Å². The molecule has 2 heterocycles. The quantitative estimate of drug-likeness (QED) is 0.659. The van der Waals surface area contributed by atoms with Crippen LogP contribution >= 0.6 is 22.6 Å². The molecular formula is C15H11IN2O2. The van der Waals surface area contributed by atoms with Crippen molar-refractivity contribution in [3.63, 3.8) is 0 Å². The number of fused-ring (bicyclic) bond motifs is 2. The average molecular weight is 378 g/mol. The van der Waals surface area contributed by atoms with Gasteiger partial charge in [0.25, 0.3) is 0 Å². The Balaban J connectivity index is 1.86. The Morgan fingerprint density at radius 2 is 1.85 bits per heavy atom. The van der Waals surface area contributed by atoms with E-state index in [0.29, 0.717) is 13.2 Å². The number of aromatic amines is 1. The van der Waals surface area contributed by atoms with E-state index in [-0.39, 0.29) is 0 Å². The van der Waals surface area contributed by atoms with Crippen LogP contribution in [0, 0.1) is 3.57 Å². The molecule has 4 rings (SSSR count). The fourth-order valence-electron chi connectivity index (χ4n) is 2.32. The van der Waals surface area contributed by atoms with E-state index in [9.17, 15) is 0 Å². The van der Waals surface area contributed by atoms with Crippen LogP contribution in [0.3, 0.4) is 0 Å². The van der Waals surface area contributed by atoms with Crippen molar-refractivity contribution in [3.8, 4) is 22.9 Å². The molecule has 0 spiro atoms. The molecule has 0 aliphatic carbocycles. The first kappa shape index (κ1) is 12.0. The summed E-state index contributed by atoms with van der Waals surface area (Å²) in [6, 6.07) is 12.1. The first-order valence-electron chi connectivity index (χ1n) is 6.35. The molecule has 100 valence electrons. The van der Waals surface area contributed by atoms with E-state index in [1.165, 1.54) is 3.57 Å². The number of hydrogen-bond acceptors (Lipinski definition) is 3. The van der Waals surface area contributed by atoms with Crippen LogP contribution in [0.1, 0.15) is 0 Å². The second-order valence-electron chi connectivity index (χ2n) is 4.61. The average Bonchev–Trinajstić information content (AvgIpc) is 2.87. The lowest BCUT2D eigenvalue weighted by Crippen LogP contribution is -2.15. The smallest absolute Gasteiger partial charge is 0.163 e. The first-order valence-corrected chi connectivity index (χ1v) is 7.43. The summed E-state index contributed by atoms with van der Waals surface area (Å²) in [5.41, 5.74) is 2.93. The van der Waals surface area contributed by atoms with Crippen molar-refractivity contribution in [1.29, 1.82) is 0 Å². The van der Waals surface area contributed by atoms with Crippen LogP contribution in [0.4, 0.5) is 0 Å². The van der Waals surface area contributed by atoms with E-state index in [1.54, 1.807) is 0 Å². The molecule has 3 aromatic rings. The van der Waals surface area contributed by atoms with E-state index in [1.807, 2.05) is 24.3 Å². The molecule has 1 aliphatic rings. The largest absolute Gasteiger partial charge is 0.486 e. The van der Waals surface area contributed by atoms with Crippen LogP contribution in [-0.4, -0.2) is 23.2 Å². The summed E-state index contributed by atoms with van der Waals surface area (Å²) >= 11 is 2.30. The van der Waals surface area contributed by atoms with Gasteiger partial charge in [-0.05, 0) is 34.7 Å². The highest BCUT2D eigenvalue weighted by Crippen LogP contribution is 2.34. The summed E-state index contributed by atoms with van der Waals surface area (Å²) in [5, 5.41) is 0. The van der Waals surface area contributed by atoms with Gasteiger partial charge in [0.2, 0.25) is 0 Å². The number of rotatable bonds is 1. The highest BCUT2D eigenvalue weighted by molar-refractivity contribution is 14.1. The third-order valence-corrected chi connectivity index (χ3v) is 3.91.